The van der Waals surface area contributed by atoms with Crippen LogP contribution in [0, 0.1) is 18.3 Å². The number of nitrogens with zero attached hydrogens (tertiary/aromatic N) is 3. The molecule has 1 unspecified atom stereocenters. The highest BCUT2D eigenvalue weighted by molar-refractivity contribution is 7.44. The lowest BCUT2D eigenvalue weighted by Crippen LogP contribution is -2.53. The summed E-state index contributed by atoms with van der Waals surface area (Å²) in [6, 6.07) is 27.6. The zero-order valence-electron chi connectivity index (χ0n) is 33.1. The number of rotatable bonds is 17. The van der Waals surface area contributed by atoms with E-state index in [2.05, 4.69) is 43.4 Å². The first-order valence-electron chi connectivity index (χ1n) is 18.8. The zero-order chi connectivity index (χ0) is 40.2. The molecule has 298 valence electrons. The van der Waals surface area contributed by atoms with Gasteiger partial charge in [0.1, 0.15) is 34.9 Å². The molecular weight excluding hydrogens is 735 g/mol. The van der Waals surface area contributed by atoms with Crippen molar-refractivity contribution in [2.75, 3.05) is 27.4 Å². The molecule has 0 amide bonds. The van der Waals surface area contributed by atoms with Crippen LogP contribution in [0.5, 0.6) is 11.5 Å². The second-order valence-electron chi connectivity index (χ2n) is 14.6. The molecule has 0 radical (unpaired) electrons. The number of nitriles is 1. The lowest BCUT2D eigenvalue weighted by atomic mass is 9.79. The van der Waals surface area contributed by atoms with Gasteiger partial charge < -0.3 is 32.7 Å². The fraction of sp³-hybridized carbons (Fsp3) is 0.452. The molecule has 2 aliphatic rings. The van der Waals surface area contributed by atoms with E-state index in [4.69, 9.17) is 32.7 Å². The summed E-state index contributed by atoms with van der Waals surface area (Å²) in [5.74, 6) is 1.37. The number of hydrogen-bond donors (Lipinski definition) is 1. The minimum atomic E-state index is -1.78. The largest absolute Gasteiger partial charge is 0.497 e. The molecule has 6 rings (SSSR count). The Labute approximate surface area is 329 Å². The van der Waals surface area contributed by atoms with Crippen molar-refractivity contribution in [2.24, 2.45) is 0 Å². The van der Waals surface area contributed by atoms with Crippen molar-refractivity contribution >= 4 is 8.53 Å². The van der Waals surface area contributed by atoms with E-state index in [0.29, 0.717) is 17.1 Å². The smallest absolute Gasteiger partial charge is 0.330 e. The third-order valence-corrected chi connectivity index (χ3v) is 12.5. The Kier molecular flexibility index (Phi) is 12.8. The van der Waals surface area contributed by atoms with E-state index in [0.717, 1.165) is 16.7 Å². The first-order chi connectivity index (χ1) is 26.9. The molecule has 56 heavy (non-hydrogen) atoms. The number of benzene rings is 3. The maximum Gasteiger partial charge on any atom is 0.330 e. The molecule has 1 N–H and O–H groups in total. The molecule has 6 atom stereocenters. The van der Waals surface area contributed by atoms with Gasteiger partial charge in [-0.25, -0.2) is 9.46 Å². The molecular formula is C42H51N4O9P. The summed E-state index contributed by atoms with van der Waals surface area (Å²) in [5.41, 5.74) is -0.818. The Morgan fingerprint density at radius 1 is 0.929 bits per heavy atom. The first kappa shape index (κ1) is 41.3. The van der Waals surface area contributed by atoms with Gasteiger partial charge >= 0.3 is 5.69 Å². The van der Waals surface area contributed by atoms with Crippen LogP contribution in [-0.4, -0.2) is 77.7 Å². The Balaban J connectivity index is 1.52. The summed E-state index contributed by atoms with van der Waals surface area (Å²) in [6.07, 6.45) is -1.55. The fourth-order valence-electron chi connectivity index (χ4n) is 7.66. The molecule has 2 fully saturated rings. The average Bonchev–Trinajstić information content (AvgIpc) is 3.63. The number of methoxy groups -OCH3 is 2. The molecule has 1 aromatic heterocycles. The highest BCUT2D eigenvalue weighted by Gasteiger charge is 2.68. The van der Waals surface area contributed by atoms with Gasteiger partial charge in [0, 0.05) is 23.8 Å². The van der Waals surface area contributed by atoms with Crippen LogP contribution in [0.4, 0.5) is 0 Å². The predicted molar refractivity (Wildman–Crippen MR) is 212 cm³/mol. The van der Waals surface area contributed by atoms with Crippen molar-refractivity contribution in [3.05, 3.63) is 128 Å². The van der Waals surface area contributed by atoms with Gasteiger partial charge in [0.25, 0.3) is 14.1 Å². The molecule has 0 saturated carbocycles. The van der Waals surface area contributed by atoms with Gasteiger partial charge in [-0.3, -0.25) is 14.3 Å². The molecule has 0 spiro atoms. The van der Waals surface area contributed by atoms with Crippen LogP contribution in [0.3, 0.4) is 0 Å². The number of aromatic nitrogens is 2. The summed E-state index contributed by atoms with van der Waals surface area (Å²) >= 11 is 0. The quantitative estimate of drug-likeness (QED) is 0.0703. The Hall–Kier alpha value is -4.38. The molecule has 2 aliphatic heterocycles. The Morgan fingerprint density at radius 2 is 1.50 bits per heavy atom. The topological polar surface area (TPSA) is 147 Å². The van der Waals surface area contributed by atoms with Crippen molar-refractivity contribution < 1.29 is 32.7 Å². The van der Waals surface area contributed by atoms with Crippen LogP contribution in [0.2, 0.25) is 0 Å². The van der Waals surface area contributed by atoms with Crippen molar-refractivity contribution in [1.82, 2.24) is 14.2 Å². The highest BCUT2D eigenvalue weighted by atomic mass is 31.2. The first-order valence-corrected chi connectivity index (χ1v) is 19.9. The monoisotopic (exact) mass is 786 g/mol. The molecule has 14 heteroatoms. The highest BCUT2D eigenvalue weighted by Crippen LogP contribution is 2.58. The third kappa shape index (κ3) is 7.80. The number of H-pyrrole nitrogens is 1. The third-order valence-electron chi connectivity index (χ3n) is 10.4. The van der Waals surface area contributed by atoms with E-state index >= 15 is 0 Å². The van der Waals surface area contributed by atoms with Gasteiger partial charge in [-0.15, -0.1) is 0 Å². The number of ether oxygens (including phenoxy) is 5. The molecule has 3 heterocycles. The van der Waals surface area contributed by atoms with Crippen molar-refractivity contribution in [1.29, 1.82) is 5.26 Å². The summed E-state index contributed by atoms with van der Waals surface area (Å²) < 4.78 is 49.2. The maximum atomic E-state index is 13.4. The standard InChI is InChI=1S/C42H51N4O9P/c1-27(2)46(28(3)4)56(52-24-12-23-43)55-37-36-39(45-25-29(5)38(47)44-40(45)48)54-41(37,30(6)53-36)26-51-42(31-13-10-9-11-14-31,32-15-19-34(49-7)20-16-32)33-17-21-35(50-8)22-18-33/h9-11,13-22,25,27-28,30,36-37,39H,12,24,26H2,1-8H3,(H,44,47,48)/t30-,36+,37-,39+,41-,56?/m0/s1. The second kappa shape index (κ2) is 17.4. The minimum absolute atomic E-state index is 0.0184. The van der Waals surface area contributed by atoms with Crippen LogP contribution >= 0.6 is 8.53 Å². The molecule has 0 aliphatic carbocycles. The predicted octanol–water partition coefficient (Wildman–Crippen LogP) is 6.59. The van der Waals surface area contributed by atoms with Gasteiger partial charge in [0.15, 0.2) is 6.23 Å². The second-order valence-corrected chi connectivity index (χ2v) is 16.0. The van der Waals surface area contributed by atoms with Crippen molar-refractivity contribution in [3.8, 4) is 17.6 Å². The molecule has 13 nitrogen and oxygen atoms in total. The van der Waals surface area contributed by atoms with Crippen LogP contribution in [0.1, 0.15) is 69.5 Å². The molecule has 2 bridgehead atoms. The number of nitrogens with one attached hydrogen (secondary N) is 1. The lowest BCUT2D eigenvalue weighted by Gasteiger charge is -2.43. The number of aryl methyl sites for hydroxylation is 1. The summed E-state index contributed by atoms with van der Waals surface area (Å²) in [6.45, 7) is 11.9. The summed E-state index contributed by atoms with van der Waals surface area (Å²) in [7, 11) is 1.46. The fourth-order valence-corrected chi connectivity index (χ4v) is 9.46. The van der Waals surface area contributed by atoms with Crippen molar-refractivity contribution in [3.63, 3.8) is 0 Å². The summed E-state index contributed by atoms with van der Waals surface area (Å²) in [5, 5.41) is 9.40. The number of aromatic amines is 1. The molecule has 4 aromatic rings. The van der Waals surface area contributed by atoms with E-state index in [-0.39, 0.29) is 31.7 Å². The van der Waals surface area contributed by atoms with Crippen molar-refractivity contribution in [2.45, 2.75) is 95.8 Å². The van der Waals surface area contributed by atoms with Crippen LogP contribution in [0.15, 0.2) is 94.6 Å². The molecule has 2 saturated heterocycles. The minimum Gasteiger partial charge on any atom is -0.497 e. The average molecular weight is 787 g/mol. The van der Waals surface area contributed by atoms with E-state index < -0.39 is 55.5 Å². The Bertz CT molecular complexity index is 2030. The number of hydrogen-bond acceptors (Lipinski definition) is 11. The number of fused-ring (bicyclic) bond motifs is 2. The van der Waals surface area contributed by atoms with Crippen LogP contribution in [0.25, 0.3) is 0 Å². The van der Waals surface area contributed by atoms with Crippen LogP contribution in [-0.2, 0) is 28.9 Å². The van der Waals surface area contributed by atoms with Crippen LogP contribution < -0.4 is 20.7 Å². The Morgan fingerprint density at radius 3 is 2.04 bits per heavy atom. The van der Waals surface area contributed by atoms with E-state index in [9.17, 15) is 14.9 Å². The van der Waals surface area contributed by atoms with Gasteiger partial charge in [-0.05, 0) is 82.5 Å². The summed E-state index contributed by atoms with van der Waals surface area (Å²) in [4.78, 5) is 28.3. The van der Waals surface area contributed by atoms with E-state index in [1.165, 1.54) is 10.8 Å². The maximum absolute atomic E-state index is 13.4. The van der Waals surface area contributed by atoms with E-state index in [1.54, 1.807) is 21.1 Å². The van der Waals surface area contributed by atoms with E-state index in [1.807, 2.05) is 85.8 Å². The van der Waals surface area contributed by atoms with Gasteiger partial charge in [-0.2, -0.15) is 5.26 Å². The lowest BCUT2D eigenvalue weighted by molar-refractivity contribution is -0.231. The SMILES string of the molecule is COc1ccc(C(OC[C@]23O[C@@H](n4cc(C)c(=O)[nH]c4=O)[C@H](O[C@H]2C)[C@@H]3OP(OCCC#N)N(C(C)C)C(C)C)(c2ccccc2)c2ccc(OC)cc2)cc1. The zero-order valence-corrected chi connectivity index (χ0v) is 34.0. The van der Waals surface area contributed by atoms with Gasteiger partial charge in [0.2, 0.25) is 0 Å². The van der Waals surface area contributed by atoms with Gasteiger partial charge in [-0.1, -0.05) is 54.6 Å². The normalized spacial score (nSPS) is 22.5. The van der Waals surface area contributed by atoms with Gasteiger partial charge in [0.05, 0.1) is 46.0 Å². The molecule has 3 aromatic carbocycles.